The number of ether oxygens (including phenoxy) is 2. The molecule has 3 aromatic carbocycles. The summed E-state index contributed by atoms with van der Waals surface area (Å²) in [5.41, 5.74) is 1.20. The Bertz CT molecular complexity index is 1150. The van der Waals surface area contributed by atoms with E-state index in [9.17, 15) is 14.9 Å². The van der Waals surface area contributed by atoms with Crippen molar-refractivity contribution < 1.29 is 19.1 Å². The fourth-order valence-corrected chi connectivity index (χ4v) is 3.21. The van der Waals surface area contributed by atoms with Crippen molar-refractivity contribution in [3.63, 3.8) is 0 Å². The maximum atomic E-state index is 12.8. The van der Waals surface area contributed by atoms with E-state index in [2.05, 4.69) is 0 Å². The molecule has 0 aliphatic rings. The van der Waals surface area contributed by atoms with Crippen LogP contribution in [-0.4, -0.2) is 32.1 Å². The summed E-state index contributed by atoms with van der Waals surface area (Å²) in [6.07, 6.45) is 1.41. The highest BCUT2D eigenvalue weighted by Crippen LogP contribution is 2.26. The number of carbonyl (C=O) groups excluding carboxylic acids is 2. The van der Waals surface area contributed by atoms with Crippen LogP contribution in [0.25, 0.3) is 16.8 Å². The van der Waals surface area contributed by atoms with Gasteiger partial charge in [-0.2, -0.15) is 5.26 Å². The average Bonchev–Trinajstić information content (AvgIpc) is 2.82. The quantitative estimate of drug-likeness (QED) is 0.326. The van der Waals surface area contributed by atoms with Crippen molar-refractivity contribution in [3.05, 3.63) is 77.9 Å². The molecule has 0 aliphatic carbocycles. The molecule has 1 amide bonds. The molecular weight excluding hydrogens is 392 g/mol. The van der Waals surface area contributed by atoms with E-state index in [0.29, 0.717) is 17.9 Å². The van der Waals surface area contributed by atoms with Gasteiger partial charge in [-0.25, -0.2) is 4.79 Å². The third-order valence-corrected chi connectivity index (χ3v) is 4.77. The van der Waals surface area contributed by atoms with E-state index in [0.717, 1.165) is 16.5 Å². The van der Waals surface area contributed by atoms with Crippen LogP contribution in [0.5, 0.6) is 5.75 Å². The molecule has 0 aliphatic heterocycles. The minimum absolute atomic E-state index is 0.189. The number of nitrogens with zero attached hydrogens (tertiary/aromatic N) is 2. The second kappa shape index (κ2) is 10.1. The second-order valence-electron chi connectivity index (χ2n) is 6.66. The maximum Gasteiger partial charge on any atom is 0.349 e. The molecule has 0 unspecified atom stereocenters. The van der Waals surface area contributed by atoms with Crippen molar-refractivity contribution in [2.45, 2.75) is 6.92 Å². The van der Waals surface area contributed by atoms with Crippen molar-refractivity contribution in [1.82, 2.24) is 0 Å². The summed E-state index contributed by atoms with van der Waals surface area (Å²) in [6, 6.07) is 22.2. The molecule has 0 radical (unpaired) electrons. The average molecular weight is 414 g/mol. The fourth-order valence-electron chi connectivity index (χ4n) is 3.21. The Kier molecular flexibility index (Phi) is 7.02. The van der Waals surface area contributed by atoms with Crippen LogP contribution in [0, 0.1) is 11.3 Å². The van der Waals surface area contributed by atoms with Gasteiger partial charge in [0.2, 0.25) is 0 Å². The Morgan fingerprint density at radius 1 is 1.03 bits per heavy atom. The van der Waals surface area contributed by atoms with Gasteiger partial charge in [-0.15, -0.1) is 0 Å². The SMILES string of the molecule is CCN(C(=O)COC(=O)/C(C#N)=C\c1ccc(OC)cc1)c1cccc2ccccc12. The highest BCUT2D eigenvalue weighted by atomic mass is 16.5. The summed E-state index contributed by atoms with van der Waals surface area (Å²) < 4.78 is 10.2. The maximum absolute atomic E-state index is 12.8. The lowest BCUT2D eigenvalue weighted by atomic mass is 10.1. The number of methoxy groups -OCH3 is 1. The summed E-state index contributed by atoms with van der Waals surface area (Å²) >= 11 is 0. The third kappa shape index (κ3) is 5.09. The molecule has 0 N–H and O–H groups in total. The number of likely N-dealkylation sites (N-methyl/N-ethyl adjacent to an activating group) is 1. The zero-order chi connectivity index (χ0) is 22.2. The van der Waals surface area contributed by atoms with E-state index in [1.54, 1.807) is 36.3 Å². The smallest absolute Gasteiger partial charge is 0.349 e. The number of esters is 1. The van der Waals surface area contributed by atoms with Gasteiger partial charge in [0.1, 0.15) is 17.4 Å². The molecule has 6 nitrogen and oxygen atoms in total. The van der Waals surface area contributed by atoms with E-state index in [-0.39, 0.29) is 11.5 Å². The van der Waals surface area contributed by atoms with Gasteiger partial charge in [0.25, 0.3) is 5.91 Å². The van der Waals surface area contributed by atoms with Crippen LogP contribution in [0.15, 0.2) is 72.3 Å². The molecule has 0 fully saturated rings. The number of hydrogen-bond donors (Lipinski definition) is 0. The largest absolute Gasteiger partial charge is 0.497 e. The summed E-state index contributed by atoms with van der Waals surface area (Å²) in [7, 11) is 1.55. The summed E-state index contributed by atoms with van der Waals surface area (Å²) in [5, 5.41) is 11.3. The summed E-state index contributed by atoms with van der Waals surface area (Å²) in [6.45, 7) is 1.81. The number of amides is 1. The topological polar surface area (TPSA) is 79.6 Å². The molecule has 31 heavy (non-hydrogen) atoms. The lowest BCUT2D eigenvalue weighted by Gasteiger charge is -2.22. The molecule has 0 saturated carbocycles. The summed E-state index contributed by atoms with van der Waals surface area (Å²) in [4.78, 5) is 26.7. The number of rotatable bonds is 7. The number of carbonyl (C=O) groups is 2. The number of hydrogen-bond acceptors (Lipinski definition) is 5. The lowest BCUT2D eigenvalue weighted by molar-refractivity contribution is -0.143. The van der Waals surface area contributed by atoms with E-state index >= 15 is 0 Å². The van der Waals surface area contributed by atoms with Gasteiger partial charge >= 0.3 is 5.97 Å². The second-order valence-corrected chi connectivity index (χ2v) is 6.66. The zero-order valence-electron chi connectivity index (χ0n) is 17.4. The molecule has 3 rings (SSSR count). The third-order valence-electron chi connectivity index (χ3n) is 4.77. The summed E-state index contributed by atoms with van der Waals surface area (Å²) in [5.74, 6) is -0.550. The highest BCUT2D eigenvalue weighted by molar-refractivity contribution is 6.05. The molecule has 0 saturated heterocycles. The number of fused-ring (bicyclic) bond motifs is 1. The van der Waals surface area contributed by atoms with Gasteiger partial charge in [0, 0.05) is 11.9 Å². The monoisotopic (exact) mass is 414 g/mol. The van der Waals surface area contributed by atoms with Crippen molar-refractivity contribution in [1.29, 1.82) is 5.26 Å². The van der Waals surface area contributed by atoms with Gasteiger partial charge in [0.15, 0.2) is 6.61 Å². The fraction of sp³-hybridized carbons (Fsp3) is 0.160. The molecule has 0 spiro atoms. The first-order chi connectivity index (χ1) is 15.1. The molecule has 0 bridgehead atoms. The first-order valence-electron chi connectivity index (χ1n) is 9.78. The van der Waals surface area contributed by atoms with Crippen LogP contribution < -0.4 is 9.64 Å². The number of benzene rings is 3. The lowest BCUT2D eigenvalue weighted by Crippen LogP contribution is -2.34. The molecular formula is C25H22N2O4. The molecule has 0 atom stereocenters. The zero-order valence-corrected chi connectivity index (χ0v) is 17.4. The van der Waals surface area contributed by atoms with Crippen LogP contribution in [0.3, 0.4) is 0 Å². The Labute approximate surface area is 180 Å². The molecule has 0 aromatic heterocycles. The predicted octanol–water partition coefficient (Wildman–Crippen LogP) is 4.35. The van der Waals surface area contributed by atoms with E-state index in [1.807, 2.05) is 55.5 Å². The van der Waals surface area contributed by atoms with Gasteiger partial charge in [-0.05, 0) is 42.1 Å². The van der Waals surface area contributed by atoms with Crippen LogP contribution in [0.1, 0.15) is 12.5 Å². The van der Waals surface area contributed by atoms with Gasteiger partial charge in [-0.3, -0.25) is 4.79 Å². The minimum Gasteiger partial charge on any atom is -0.497 e. The predicted molar refractivity (Wildman–Crippen MR) is 120 cm³/mol. The van der Waals surface area contributed by atoms with Crippen LogP contribution in [0.4, 0.5) is 5.69 Å². The van der Waals surface area contributed by atoms with Gasteiger partial charge < -0.3 is 14.4 Å². The van der Waals surface area contributed by atoms with Crippen LogP contribution >= 0.6 is 0 Å². The van der Waals surface area contributed by atoms with E-state index in [4.69, 9.17) is 9.47 Å². The highest BCUT2D eigenvalue weighted by Gasteiger charge is 2.19. The first-order valence-corrected chi connectivity index (χ1v) is 9.78. The van der Waals surface area contributed by atoms with Crippen LogP contribution in [-0.2, 0) is 14.3 Å². The Morgan fingerprint density at radius 2 is 1.74 bits per heavy atom. The standard InChI is InChI=1S/C25H22N2O4/c1-3-27(23-10-6-8-19-7-4-5-9-22(19)23)24(28)17-31-25(29)20(16-26)15-18-11-13-21(30-2)14-12-18/h4-15H,3,17H2,1-2H3/b20-15-. The van der Waals surface area contributed by atoms with Crippen molar-refractivity contribution in [2.75, 3.05) is 25.2 Å². The molecule has 3 aromatic rings. The van der Waals surface area contributed by atoms with Crippen molar-refractivity contribution >= 4 is 34.4 Å². The van der Waals surface area contributed by atoms with E-state index in [1.165, 1.54) is 6.08 Å². The number of nitriles is 1. The van der Waals surface area contributed by atoms with E-state index < -0.39 is 12.6 Å². The normalized spacial score (nSPS) is 10.9. The Hall–Kier alpha value is -4.11. The number of anilines is 1. The van der Waals surface area contributed by atoms with Gasteiger partial charge in [-0.1, -0.05) is 48.5 Å². The molecule has 6 heteroatoms. The Balaban J connectivity index is 1.72. The molecule has 156 valence electrons. The minimum atomic E-state index is -0.847. The Morgan fingerprint density at radius 3 is 2.42 bits per heavy atom. The van der Waals surface area contributed by atoms with Gasteiger partial charge in [0.05, 0.1) is 12.8 Å². The van der Waals surface area contributed by atoms with Crippen molar-refractivity contribution in [2.24, 2.45) is 0 Å². The molecule has 0 heterocycles. The van der Waals surface area contributed by atoms with Crippen LogP contribution in [0.2, 0.25) is 0 Å². The first kappa shape index (κ1) is 21.6. The van der Waals surface area contributed by atoms with Crippen molar-refractivity contribution in [3.8, 4) is 11.8 Å².